The summed E-state index contributed by atoms with van der Waals surface area (Å²) in [6.07, 6.45) is 7.47. The Labute approximate surface area is 163 Å². The molecule has 0 unspecified atom stereocenters. The molecule has 1 aromatic carbocycles. The number of hydrogen-bond acceptors (Lipinski definition) is 4. The molecule has 1 aliphatic carbocycles. The van der Waals surface area contributed by atoms with Crippen molar-refractivity contribution >= 4 is 32.8 Å². The lowest BCUT2D eigenvalue weighted by Gasteiger charge is -2.25. The Morgan fingerprint density at radius 1 is 1.15 bits per heavy atom. The fraction of sp³-hybridized carbons (Fsp3) is 0.368. The first-order valence-electron chi connectivity index (χ1n) is 9.12. The van der Waals surface area contributed by atoms with Gasteiger partial charge in [-0.15, -0.1) is 0 Å². The van der Waals surface area contributed by atoms with E-state index in [1.807, 2.05) is 12.1 Å². The number of pyridine rings is 1. The zero-order valence-electron chi connectivity index (χ0n) is 14.8. The minimum atomic E-state index is -3.67. The molecule has 0 spiro atoms. The Bertz CT molecular complexity index is 1060. The van der Waals surface area contributed by atoms with E-state index in [-0.39, 0.29) is 11.4 Å². The minimum absolute atomic E-state index is 0.113. The third-order valence-electron chi connectivity index (χ3n) is 4.99. The van der Waals surface area contributed by atoms with Crippen molar-refractivity contribution in [2.45, 2.75) is 49.6 Å². The highest BCUT2D eigenvalue weighted by molar-refractivity contribution is 7.89. The average molecular weight is 405 g/mol. The summed E-state index contributed by atoms with van der Waals surface area (Å²) in [5.41, 5.74) is 1.61. The van der Waals surface area contributed by atoms with E-state index in [0.29, 0.717) is 16.9 Å². The Balaban J connectivity index is 1.65. The molecule has 0 aliphatic heterocycles. The molecule has 0 amide bonds. The van der Waals surface area contributed by atoms with Crippen molar-refractivity contribution in [1.82, 2.24) is 19.3 Å². The molecule has 0 saturated heterocycles. The van der Waals surface area contributed by atoms with Crippen LogP contribution >= 0.6 is 11.6 Å². The summed E-state index contributed by atoms with van der Waals surface area (Å²) in [5, 5.41) is 0.386. The van der Waals surface area contributed by atoms with Gasteiger partial charge in [0.25, 0.3) is 0 Å². The molecule has 142 valence electrons. The number of rotatable bonds is 5. The van der Waals surface area contributed by atoms with Crippen LogP contribution in [0.4, 0.5) is 0 Å². The van der Waals surface area contributed by atoms with Gasteiger partial charge in [0, 0.05) is 17.3 Å². The van der Waals surface area contributed by atoms with Crippen LogP contribution in [0.5, 0.6) is 0 Å². The normalized spacial score (nSPS) is 16.0. The maximum absolute atomic E-state index is 12.6. The number of aromatic nitrogens is 3. The van der Waals surface area contributed by atoms with Crippen molar-refractivity contribution in [2.75, 3.05) is 0 Å². The summed E-state index contributed by atoms with van der Waals surface area (Å²) in [6, 6.07) is 10.3. The first-order chi connectivity index (χ1) is 13.0. The molecule has 1 N–H and O–H groups in total. The number of nitrogens with one attached hydrogen (secondary N) is 1. The lowest BCUT2D eigenvalue weighted by molar-refractivity contribution is 0.350. The van der Waals surface area contributed by atoms with Crippen LogP contribution in [-0.4, -0.2) is 23.0 Å². The summed E-state index contributed by atoms with van der Waals surface area (Å²) < 4.78 is 30.1. The van der Waals surface area contributed by atoms with Gasteiger partial charge in [0.05, 0.1) is 11.4 Å². The van der Waals surface area contributed by atoms with Crippen molar-refractivity contribution in [3.05, 3.63) is 53.4 Å². The van der Waals surface area contributed by atoms with E-state index in [9.17, 15) is 8.42 Å². The first-order valence-corrected chi connectivity index (χ1v) is 11.0. The molecule has 8 heteroatoms. The van der Waals surface area contributed by atoms with Gasteiger partial charge in [-0.1, -0.05) is 36.9 Å². The number of hydrogen-bond donors (Lipinski definition) is 1. The monoisotopic (exact) mass is 404 g/mol. The first kappa shape index (κ1) is 18.4. The Morgan fingerprint density at radius 3 is 2.74 bits per heavy atom. The molecule has 2 heterocycles. The predicted octanol–water partition coefficient (Wildman–Crippen LogP) is 4.07. The van der Waals surface area contributed by atoms with Gasteiger partial charge < -0.3 is 4.57 Å². The Kier molecular flexibility index (Phi) is 5.16. The van der Waals surface area contributed by atoms with Gasteiger partial charge in [0.2, 0.25) is 10.0 Å². The second kappa shape index (κ2) is 7.58. The highest BCUT2D eigenvalue weighted by Crippen LogP contribution is 2.32. The molecule has 1 fully saturated rings. The van der Waals surface area contributed by atoms with Gasteiger partial charge in [0.1, 0.15) is 11.3 Å². The summed E-state index contributed by atoms with van der Waals surface area (Å²) in [6.45, 7) is 0.113. The highest BCUT2D eigenvalue weighted by Gasteiger charge is 2.23. The van der Waals surface area contributed by atoms with E-state index in [4.69, 9.17) is 11.6 Å². The van der Waals surface area contributed by atoms with Crippen molar-refractivity contribution in [1.29, 1.82) is 0 Å². The fourth-order valence-corrected chi connectivity index (χ4v) is 4.98. The van der Waals surface area contributed by atoms with E-state index < -0.39 is 10.0 Å². The van der Waals surface area contributed by atoms with E-state index in [1.165, 1.54) is 31.4 Å². The molecule has 3 aromatic rings. The largest absolute Gasteiger partial charge is 0.308 e. The fourth-order valence-electron chi connectivity index (χ4n) is 3.70. The Hall–Kier alpha value is -1.96. The number of nitrogens with zero attached hydrogens (tertiary/aromatic N) is 3. The van der Waals surface area contributed by atoms with Gasteiger partial charge in [-0.3, -0.25) is 0 Å². The molecule has 0 radical (unpaired) electrons. The number of fused-ring (bicyclic) bond motifs is 1. The molecular weight excluding hydrogens is 384 g/mol. The van der Waals surface area contributed by atoms with Crippen molar-refractivity contribution in [3.63, 3.8) is 0 Å². The molecular formula is C19H21ClN4O2S. The average Bonchev–Trinajstić information content (AvgIpc) is 3.06. The molecule has 6 nitrogen and oxygen atoms in total. The number of halogens is 1. The zero-order chi connectivity index (χ0) is 18.9. The Morgan fingerprint density at radius 2 is 1.96 bits per heavy atom. The summed E-state index contributed by atoms with van der Waals surface area (Å²) in [5.74, 6) is 0.696. The van der Waals surface area contributed by atoms with Crippen molar-refractivity contribution < 1.29 is 8.42 Å². The van der Waals surface area contributed by atoms with E-state index in [0.717, 1.165) is 24.0 Å². The van der Waals surface area contributed by atoms with Crippen LogP contribution in [0.15, 0.2) is 47.5 Å². The van der Waals surface area contributed by atoms with Gasteiger partial charge in [0.15, 0.2) is 5.65 Å². The SMILES string of the molecule is O=S(=O)(NCc1nc2cccnc2n1C1CCCCC1)c1cccc(Cl)c1. The summed E-state index contributed by atoms with van der Waals surface area (Å²) in [4.78, 5) is 9.29. The molecule has 0 atom stereocenters. The summed E-state index contributed by atoms with van der Waals surface area (Å²) in [7, 11) is -3.67. The maximum atomic E-state index is 12.6. The van der Waals surface area contributed by atoms with Crippen LogP contribution in [0.2, 0.25) is 5.02 Å². The number of benzene rings is 1. The maximum Gasteiger partial charge on any atom is 0.241 e. The quantitative estimate of drug-likeness (QED) is 0.695. The summed E-state index contributed by atoms with van der Waals surface area (Å²) >= 11 is 5.93. The van der Waals surface area contributed by atoms with E-state index >= 15 is 0 Å². The number of sulfonamides is 1. The van der Waals surface area contributed by atoms with Crippen LogP contribution in [0.1, 0.15) is 44.0 Å². The lowest BCUT2D eigenvalue weighted by Crippen LogP contribution is -2.26. The van der Waals surface area contributed by atoms with Crippen LogP contribution in [0.25, 0.3) is 11.2 Å². The van der Waals surface area contributed by atoms with E-state index in [1.54, 1.807) is 18.3 Å². The second-order valence-electron chi connectivity index (χ2n) is 6.82. The third kappa shape index (κ3) is 3.85. The van der Waals surface area contributed by atoms with Gasteiger partial charge >= 0.3 is 0 Å². The minimum Gasteiger partial charge on any atom is -0.308 e. The number of imidazole rings is 1. The van der Waals surface area contributed by atoms with E-state index in [2.05, 4.69) is 19.3 Å². The highest BCUT2D eigenvalue weighted by atomic mass is 35.5. The topological polar surface area (TPSA) is 76.9 Å². The standard InChI is InChI=1S/C19H21ClN4O2S/c20-14-6-4-9-16(12-14)27(25,26)22-13-18-23-17-10-5-11-21-19(17)24(18)15-7-2-1-3-8-15/h4-6,9-12,15,22H,1-3,7-8,13H2. The van der Waals surface area contributed by atoms with Gasteiger partial charge in [-0.25, -0.2) is 23.1 Å². The smallest absolute Gasteiger partial charge is 0.241 e. The second-order valence-corrected chi connectivity index (χ2v) is 9.02. The van der Waals surface area contributed by atoms with Gasteiger partial charge in [-0.2, -0.15) is 0 Å². The molecule has 1 aliphatic rings. The van der Waals surface area contributed by atoms with Crippen LogP contribution in [0.3, 0.4) is 0 Å². The van der Waals surface area contributed by atoms with Crippen LogP contribution in [0, 0.1) is 0 Å². The molecule has 2 aromatic heterocycles. The molecule has 4 rings (SSSR count). The van der Waals surface area contributed by atoms with Crippen molar-refractivity contribution in [2.24, 2.45) is 0 Å². The van der Waals surface area contributed by atoms with Crippen molar-refractivity contribution in [3.8, 4) is 0 Å². The third-order valence-corrected chi connectivity index (χ3v) is 6.62. The molecule has 0 bridgehead atoms. The molecule has 27 heavy (non-hydrogen) atoms. The lowest BCUT2D eigenvalue weighted by atomic mass is 9.95. The predicted molar refractivity (Wildman–Crippen MR) is 105 cm³/mol. The molecule has 1 saturated carbocycles. The zero-order valence-corrected chi connectivity index (χ0v) is 16.4. The van der Waals surface area contributed by atoms with Crippen LogP contribution < -0.4 is 4.72 Å². The van der Waals surface area contributed by atoms with Gasteiger partial charge in [-0.05, 0) is 43.2 Å². The van der Waals surface area contributed by atoms with Crippen LogP contribution in [-0.2, 0) is 16.6 Å².